The molecular formula is C19H20F2N4O3. The molecule has 9 heteroatoms. The molecule has 1 aliphatic rings. The number of benzene rings is 1. The van der Waals surface area contributed by atoms with Crippen LogP contribution in [0, 0.1) is 0 Å². The van der Waals surface area contributed by atoms with Gasteiger partial charge in [0.25, 0.3) is 0 Å². The zero-order valence-corrected chi connectivity index (χ0v) is 15.3. The van der Waals surface area contributed by atoms with E-state index in [1.807, 2.05) is 4.90 Å². The number of carbonyl (C=O) groups is 1. The maximum atomic E-state index is 12.7. The molecule has 0 saturated carbocycles. The molecule has 1 amide bonds. The number of methoxy groups -OCH3 is 1. The Morgan fingerprint density at radius 2 is 1.86 bits per heavy atom. The molecule has 28 heavy (non-hydrogen) atoms. The molecule has 0 bridgehead atoms. The minimum absolute atomic E-state index is 0.102. The van der Waals surface area contributed by atoms with Crippen LogP contribution >= 0.6 is 0 Å². The highest BCUT2D eigenvalue weighted by atomic mass is 19.3. The smallest absolute Gasteiger partial charge is 0.387 e. The fourth-order valence-corrected chi connectivity index (χ4v) is 2.89. The Labute approximate surface area is 161 Å². The molecule has 2 heterocycles. The van der Waals surface area contributed by atoms with Crippen molar-refractivity contribution >= 4 is 17.9 Å². The lowest BCUT2D eigenvalue weighted by Gasteiger charge is -2.34. The number of alkyl halides is 2. The Morgan fingerprint density at radius 3 is 2.50 bits per heavy atom. The number of amides is 1. The number of halogens is 2. The Morgan fingerprint density at radius 1 is 1.14 bits per heavy atom. The van der Waals surface area contributed by atoms with Crippen LogP contribution < -0.4 is 14.4 Å². The van der Waals surface area contributed by atoms with Crippen molar-refractivity contribution in [3.8, 4) is 11.5 Å². The highest BCUT2D eigenvalue weighted by Crippen LogP contribution is 2.33. The Bertz CT molecular complexity index is 825. The second kappa shape index (κ2) is 9.12. The van der Waals surface area contributed by atoms with Gasteiger partial charge in [0.2, 0.25) is 11.9 Å². The fourth-order valence-electron chi connectivity index (χ4n) is 2.89. The average Bonchev–Trinajstić information content (AvgIpc) is 2.73. The lowest BCUT2D eigenvalue weighted by atomic mass is 10.1. The van der Waals surface area contributed by atoms with Crippen molar-refractivity contribution in [1.82, 2.24) is 14.9 Å². The van der Waals surface area contributed by atoms with Crippen molar-refractivity contribution in [2.75, 3.05) is 38.2 Å². The molecule has 1 saturated heterocycles. The molecule has 3 rings (SSSR count). The van der Waals surface area contributed by atoms with Crippen molar-refractivity contribution in [2.24, 2.45) is 0 Å². The van der Waals surface area contributed by atoms with E-state index >= 15 is 0 Å². The number of para-hydroxylation sites is 1. The summed E-state index contributed by atoms with van der Waals surface area (Å²) in [5, 5.41) is 0. The molecule has 7 nitrogen and oxygen atoms in total. The lowest BCUT2D eigenvalue weighted by molar-refractivity contribution is -0.126. The van der Waals surface area contributed by atoms with Gasteiger partial charge in [0, 0.05) is 50.2 Å². The number of carbonyl (C=O) groups excluding carboxylic acids is 1. The SMILES string of the molecule is COc1cccc(/C=C/C(=O)N2CCN(c3ncccn3)CC2)c1OC(F)F. The standard InChI is InChI=1S/C19H20F2N4O3/c1-27-15-5-2-4-14(17(15)28-18(20)21)6-7-16(26)24-10-12-25(13-11-24)19-22-8-3-9-23-19/h2-9,18H,10-13H2,1H3/b7-6+. The van der Waals surface area contributed by atoms with Crippen LogP contribution in [0.2, 0.25) is 0 Å². The first-order valence-electron chi connectivity index (χ1n) is 8.69. The quantitative estimate of drug-likeness (QED) is 0.706. The molecule has 0 aliphatic carbocycles. The maximum Gasteiger partial charge on any atom is 0.387 e. The van der Waals surface area contributed by atoms with E-state index in [0.717, 1.165) is 0 Å². The van der Waals surface area contributed by atoms with Gasteiger partial charge in [-0.3, -0.25) is 4.79 Å². The molecule has 1 aromatic carbocycles. The van der Waals surface area contributed by atoms with Gasteiger partial charge in [-0.05, 0) is 18.2 Å². The van der Waals surface area contributed by atoms with E-state index in [-0.39, 0.29) is 17.4 Å². The molecule has 1 fully saturated rings. The van der Waals surface area contributed by atoms with Crippen molar-refractivity contribution < 1.29 is 23.0 Å². The summed E-state index contributed by atoms with van der Waals surface area (Å²) in [6.07, 6.45) is 6.16. The van der Waals surface area contributed by atoms with Crippen LogP contribution in [0.4, 0.5) is 14.7 Å². The molecule has 0 radical (unpaired) electrons. The second-order valence-electron chi connectivity index (χ2n) is 5.95. The van der Waals surface area contributed by atoms with Gasteiger partial charge in [-0.2, -0.15) is 8.78 Å². The number of hydrogen-bond acceptors (Lipinski definition) is 6. The Kier molecular flexibility index (Phi) is 6.36. The predicted molar refractivity (Wildman–Crippen MR) is 99.5 cm³/mol. The van der Waals surface area contributed by atoms with E-state index in [4.69, 9.17) is 4.74 Å². The Hall–Kier alpha value is -3.23. The van der Waals surface area contributed by atoms with Crippen LogP contribution in [-0.2, 0) is 4.79 Å². The first-order chi connectivity index (χ1) is 13.6. The molecule has 0 atom stereocenters. The summed E-state index contributed by atoms with van der Waals surface area (Å²) in [6.45, 7) is -0.738. The largest absolute Gasteiger partial charge is 0.493 e. The van der Waals surface area contributed by atoms with Crippen LogP contribution in [0.5, 0.6) is 11.5 Å². The van der Waals surface area contributed by atoms with E-state index in [0.29, 0.717) is 37.7 Å². The third-order valence-electron chi connectivity index (χ3n) is 4.27. The summed E-state index contributed by atoms with van der Waals surface area (Å²) in [4.78, 5) is 24.6. The number of nitrogens with zero attached hydrogens (tertiary/aromatic N) is 4. The molecule has 2 aromatic rings. The summed E-state index contributed by atoms with van der Waals surface area (Å²) in [7, 11) is 1.36. The van der Waals surface area contributed by atoms with Gasteiger partial charge in [-0.25, -0.2) is 9.97 Å². The van der Waals surface area contributed by atoms with Crippen LogP contribution in [0.1, 0.15) is 5.56 Å². The van der Waals surface area contributed by atoms with E-state index in [1.54, 1.807) is 35.5 Å². The highest BCUT2D eigenvalue weighted by molar-refractivity contribution is 5.92. The minimum Gasteiger partial charge on any atom is -0.493 e. The van der Waals surface area contributed by atoms with E-state index in [9.17, 15) is 13.6 Å². The zero-order valence-electron chi connectivity index (χ0n) is 15.3. The van der Waals surface area contributed by atoms with Crippen LogP contribution in [0.15, 0.2) is 42.7 Å². The maximum absolute atomic E-state index is 12.7. The first kappa shape index (κ1) is 19.5. The van der Waals surface area contributed by atoms with E-state index < -0.39 is 6.61 Å². The number of aromatic nitrogens is 2. The fraction of sp³-hybridized carbons (Fsp3) is 0.316. The average molecular weight is 390 g/mol. The number of hydrogen-bond donors (Lipinski definition) is 0. The molecule has 148 valence electrons. The number of piperazine rings is 1. The summed E-state index contributed by atoms with van der Waals surface area (Å²) < 4.78 is 35.0. The van der Waals surface area contributed by atoms with Gasteiger partial charge < -0.3 is 19.3 Å². The van der Waals surface area contributed by atoms with Crippen molar-refractivity contribution in [2.45, 2.75) is 6.61 Å². The molecule has 1 aliphatic heterocycles. The van der Waals surface area contributed by atoms with Gasteiger partial charge in [0.1, 0.15) is 0 Å². The topological polar surface area (TPSA) is 67.8 Å². The summed E-state index contributed by atoms with van der Waals surface area (Å²) in [5.74, 6) is 0.497. The summed E-state index contributed by atoms with van der Waals surface area (Å²) in [5.41, 5.74) is 0.337. The molecular weight excluding hydrogens is 370 g/mol. The third-order valence-corrected chi connectivity index (χ3v) is 4.27. The molecule has 0 spiro atoms. The summed E-state index contributed by atoms with van der Waals surface area (Å²) in [6, 6.07) is 6.48. The summed E-state index contributed by atoms with van der Waals surface area (Å²) >= 11 is 0. The second-order valence-corrected chi connectivity index (χ2v) is 5.95. The minimum atomic E-state index is -2.99. The van der Waals surface area contributed by atoms with Crippen LogP contribution in [0.3, 0.4) is 0 Å². The van der Waals surface area contributed by atoms with Gasteiger partial charge in [0.05, 0.1) is 7.11 Å². The van der Waals surface area contributed by atoms with Gasteiger partial charge >= 0.3 is 6.61 Å². The molecule has 0 unspecified atom stereocenters. The van der Waals surface area contributed by atoms with Crippen molar-refractivity contribution in [1.29, 1.82) is 0 Å². The number of rotatable bonds is 6. The monoisotopic (exact) mass is 390 g/mol. The predicted octanol–water partition coefficient (Wildman–Crippen LogP) is 2.45. The van der Waals surface area contributed by atoms with Gasteiger partial charge in [-0.15, -0.1) is 0 Å². The van der Waals surface area contributed by atoms with Crippen LogP contribution in [-0.4, -0.2) is 60.7 Å². The van der Waals surface area contributed by atoms with Crippen LogP contribution in [0.25, 0.3) is 6.08 Å². The molecule has 0 N–H and O–H groups in total. The zero-order chi connectivity index (χ0) is 19.9. The molecule has 1 aromatic heterocycles. The van der Waals surface area contributed by atoms with Crippen molar-refractivity contribution in [3.63, 3.8) is 0 Å². The Balaban J connectivity index is 1.65. The van der Waals surface area contributed by atoms with E-state index in [2.05, 4.69) is 14.7 Å². The van der Waals surface area contributed by atoms with Gasteiger partial charge in [0.15, 0.2) is 11.5 Å². The lowest BCUT2D eigenvalue weighted by Crippen LogP contribution is -2.48. The first-order valence-corrected chi connectivity index (χ1v) is 8.69. The van der Waals surface area contributed by atoms with E-state index in [1.165, 1.54) is 25.3 Å². The van der Waals surface area contributed by atoms with Crippen molar-refractivity contribution in [3.05, 3.63) is 48.3 Å². The normalized spacial score (nSPS) is 14.6. The van der Waals surface area contributed by atoms with Gasteiger partial charge in [-0.1, -0.05) is 12.1 Å². The number of anilines is 1. The third kappa shape index (κ3) is 4.73. The number of ether oxygens (including phenoxy) is 2. The highest BCUT2D eigenvalue weighted by Gasteiger charge is 2.21.